The summed E-state index contributed by atoms with van der Waals surface area (Å²) in [6, 6.07) is 0. The van der Waals surface area contributed by atoms with Crippen molar-refractivity contribution in [2.45, 2.75) is 11.8 Å². The Bertz CT molecular complexity index is 97.0. The average Bonchev–Trinajstić information content (AvgIpc) is 1.87. The SMILES string of the molecule is COC(=S)CC(Cl)CCl. The molecule has 0 rings (SSSR count). The number of hydrogen-bond acceptors (Lipinski definition) is 2. The second-order valence-electron chi connectivity index (χ2n) is 1.53. The molecule has 0 aliphatic heterocycles. The number of rotatable bonds is 3. The molecule has 0 fully saturated rings. The largest absolute Gasteiger partial charge is 0.490 e. The molecule has 9 heavy (non-hydrogen) atoms. The first-order valence-corrected chi connectivity index (χ1v) is 3.85. The zero-order valence-electron chi connectivity index (χ0n) is 5.06. The molecule has 0 heterocycles. The van der Waals surface area contributed by atoms with Crippen molar-refractivity contribution in [2.75, 3.05) is 13.0 Å². The molecule has 0 aliphatic rings. The Hall–Kier alpha value is 0.470. The van der Waals surface area contributed by atoms with Gasteiger partial charge in [0.15, 0.2) is 5.05 Å². The van der Waals surface area contributed by atoms with E-state index in [0.717, 1.165) is 0 Å². The Balaban J connectivity index is 3.34. The fraction of sp³-hybridized carbons (Fsp3) is 0.800. The summed E-state index contributed by atoms with van der Waals surface area (Å²) in [6.45, 7) is 0. The molecule has 0 aromatic carbocycles. The lowest BCUT2D eigenvalue weighted by atomic mass is 10.3. The van der Waals surface area contributed by atoms with Gasteiger partial charge >= 0.3 is 0 Å². The smallest absolute Gasteiger partial charge is 0.160 e. The third kappa shape index (κ3) is 4.94. The van der Waals surface area contributed by atoms with Gasteiger partial charge in [-0.1, -0.05) is 0 Å². The maximum atomic E-state index is 5.64. The molecule has 4 heteroatoms. The highest BCUT2D eigenvalue weighted by Crippen LogP contribution is 2.05. The fourth-order valence-electron chi connectivity index (χ4n) is 0.319. The summed E-state index contributed by atoms with van der Waals surface area (Å²) in [4.78, 5) is 0. The van der Waals surface area contributed by atoms with Crippen LogP contribution in [0.5, 0.6) is 0 Å². The quantitative estimate of drug-likeness (QED) is 0.494. The van der Waals surface area contributed by atoms with Gasteiger partial charge in [0.2, 0.25) is 0 Å². The lowest BCUT2D eigenvalue weighted by Crippen LogP contribution is -2.08. The topological polar surface area (TPSA) is 9.23 Å². The third-order valence-electron chi connectivity index (χ3n) is 0.783. The Morgan fingerprint density at radius 1 is 1.78 bits per heavy atom. The van der Waals surface area contributed by atoms with Crippen molar-refractivity contribution in [3.63, 3.8) is 0 Å². The van der Waals surface area contributed by atoms with Crippen LogP contribution in [0.15, 0.2) is 0 Å². The molecule has 54 valence electrons. The summed E-state index contributed by atoms with van der Waals surface area (Å²) in [6.07, 6.45) is 0.552. The summed E-state index contributed by atoms with van der Waals surface area (Å²) in [7, 11) is 1.53. The predicted octanol–water partition coefficient (Wildman–Crippen LogP) is 2.20. The zero-order chi connectivity index (χ0) is 7.28. The van der Waals surface area contributed by atoms with Gasteiger partial charge in [0.25, 0.3) is 0 Å². The third-order valence-corrected chi connectivity index (χ3v) is 1.96. The van der Waals surface area contributed by atoms with E-state index < -0.39 is 0 Å². The molecule has 1 unspecified atom stereocenters. The average molecular weight is 187 g/mol. The molecule has 0 bridgehead atoms. The monoisotopic (exact) mass is 186 g/mol. The lowest BCUT2D eigenvalue weighted by Gasteiger charge is -2.03. The summed E-state index contributed by atoms with van der Waals surface area (Å²) in [5.74, 6) is 0.408. The number of alkyl halides is 2. The molecular formula is C5H8Cl2OS. The first-order chi connectivity index (χ1) is 4.20. The molecule has 1 atom stereocenters. The van der Waals surface area contributed by atoms with Gasteiger partial charge in [-0.25, -0.2) is 0 Å². The van der Waals surface area contributed by atoms with E-state index in [9.17, 15) is 0 Å². The highest BCUT2D eigenvalue weighted by atomic mass is 35.5. The second-order valence-corrected chi connectivity index (χ2v) is 2.91. The Morgan fingerprint density at radius 3 is 2.67 bits per heavy atom. The first kappa shape index (κ1) is 9.47. The van der Waals surface area contributed by atoms with Crippen LogP contribution >= 0.6 is 35.4 Å². The van der Waals surface area contributed by atoms with E-state index in [1.165, 1.54) is 7.11 Å². The van der Waals surface area contributed by atoms with Crippen LogP contribution in [0.2, 0.25) is 0 Å². The molecule has 0 N–H and O–H groups in total. The summed E-state index contributed by atoms with van der Waals surface area (Å²) in [5.41, 5.74) is 0. The molecule has 1 nitrogen and oxygen atoms in total. The highest BCUT2D eigenvalue weighted by molar-refractivity contribution is 7.80. The van der Waals surface area contributed by atoms with E-state index in [1.54, 1.807) is 0 Å². The Morgan fingerprint density at radius 2 is 2.33 bits per heavy atom. The summed E-state index contributed by atoms with van der Waals surface area (Å²) >= 11 is 15.8. The van der Waals surface area contributed by atoms with E-state index in [1.807, 2.05) is 0 Å². The summed E-state index contributed by atoms with van der Waals surface area (Å²) in [5, 5.41) is 0.412. The number of thiocarbonyl (C=S) groups is 1. The van der Waals surface area contributed by atoms with Crippen LogP contribution in [0.25, 0.3) is 0 Å². The number of halogens is 2. The molecular weight excluding hydrogens is 179 g/mol. The van der Waals surface area contributed by atoms with Crippen molar-refractivity contribution in [1.82, 2.24) is 0 Å². The number of methoxy groups -OCH3 is 1. The zero-order valence-corrected chi connectivity index (χ0v) is 7.39. The maximum absolute atomic E-state index is 5.64. The van der Waals surface area contributed by atoms with Crippen LogP contribution in [-0.2, 0) is 4.74 Å². The highest BCUT2D eigenvalue weighted by Gasteiger charge is 2.05. The van der Waals surface area contributed by atoms with E-state index in [4.69, 9.17) is 40.2 Å². The lowest BCUT2D eigenvalue weighted by molar-refractivity contribution is 0.402. The van der Waals surface area contributed by atoms with E-state index >= 15 is 0 Å². The second kappa shape index (κ2) is 5.27. The first-order valence-electron chi connectivity index (χ1n) is 2.47. The van der Waals surface area contributed by atoms with Crippen LogP contribution in [0.1, 0.15) is 6.42 Å². The van der Waals surface area contributed by atoms with Gasteiger partial charge in [0.05, 0.1) is 12.5 Å². The molecule has 0 aromatic rings. The molecule has 0 saturated carbocycles. The van der Waals surface area contributed by atoms with Crippen molar-refractivity contribution in [2.24, 2.45) is 0 Å². The van der Waals surface area contributed by atoms with Crippen LogP contribution < -0.4 is 0 Å². The van der Waals surface area contributed by atoms with Crippen molar-refractivity contribution in [3.05, 3.63) is 0 Å². The van der Waals surface area contributed by atoms with Crippen LogP contribution in [-0.4, -0.2) is 23.4 Å². The van der Waals surface area contributed by atoms with E-state index in [2.05, 4.69) is 0 Å². The molecule has 0 aromatic heterocycles. The van der Waals surface area contributed by atoms with Crippen molar-refractivity contribution in [1.29, 1.82) is 0 Å². The van der Waals surface area contributed by atoms with Gasteiger partial charge in [-0.15, -0.1) is 23.2 Å². The molecule has 0 aliphatic carbocycles. The Labute approximate surface area is 70.3 Å². The van der Waals surface area contributed by atoms with Crippen LogP contribution in [0.3, 0.4) is 0 Å². The van der Waals surface area contributed by atoms with E-state index in [-0.39, 0.29) is 5.38 Å². The molecule has 0 radical (unpaired) electrons. The van der Waals surface area contributed by atoms with Crippen molar-refractivity contribution >= 4 is 40.5 Å². The van der Waals surface area contributed by atoms with Gasteiger partial charge < -0.3 is 4.74 Å². The molecule has 0 saturated heterocycles. The predicted molar refractivity (Wildman–Crippen MR) is 44.6 cm³/mol. The minimum Gasteiger partial charge on any atom is -0.490 e. The normalized spacial score (nSPS) is 12.8. The number of hydrogen-bond donors (Lipinski definition) is 0. The van der Waals surface area contributed by atoms with Crippen LogP contribution in [0.4, 0.5) is 0 Å². The van der Waals surface area contributed by atoms with Gasteiger partial charge in [-0.3, -0.25) is 0 Å². The van der Waals surface area contributed by atoms with Gasteiger partial charge in [0.1, 0.15) is 0 Å². The minimum atomic E-state index is -0.0980. The fourth-order valence-corrected chi connectivity index (χ4v) is 0.861. The molecule has 0 spiro atoms. The maximum Gasteiger partial charge on any atom is 0.160 e. The van der Waals surface area contributed by atoms with Crippen molar-refractivity contribution < 1.29 is 4.74 Å². The standard InChI is InChI=1S/C5H8Cl2OS/c1-8-5(9)2-4(7)3-6/h4H,2-3H2,1H3. The van der Waals surface area contributed by atoms with Gasteiger partial charge in [0, 0.05) is 12.3 Å². The van der Waals surface area contributed by atoms with Gasteiger partial charge in [-0.05, 0) is 12.2 Å². The Kier molecular flexibility index (Phi) is 5.55. The molecule has 0 amide bonds. The van der Waals surface area contributed by atoms with Gasteiger partial charge in [-0.2, -0.15) is 0 Å². The van der Waals surface area contributed by atoms with E-state index in [0.29, 0.717) is 17.4 Å². The minimum absolute atomic E-state index is 0.0980. The van der Waals surface area contributed by atoms with Crippen molar-refractivity contribution in [3.8, 4) is 0 Å². The van der Waals surface area contributed by atoms with Crippen LogP contribution in [0, 0.1) is 0 Å². The summed E-state index contributed by atoms with van der Waals surface area (Å²) < 4.78 is 4.71. The number of ether oxygens (including phenoxy) is 1.